The van der Waals surface area contributed by atoms with Crippen LogP contribution < -0.4 is 4.74 Å². The summed E-state index contributed by atoms with van der Waals surface area (Å²) in [6, 6.07) is 14.3. The molecule has 0 aliphatic carbocycles. The molecule has 0 spiro atoms. The van der Waals surface area contributed by atoms with Crippen LogP contribution in [0.1, 0.15) is 18.4 Å². The summed E-state index contributed by atoms with van der Waals surface area (Å²) in [4.78, 5) is 3.20. The van der Waals surface area contributed by atoms with E-state index in [0.717, 1.165) is 49.4 Å². The quantitative estimate of drug-likeness (QED) is 0.737. The van der Waals surface area contributed by atoms with Crippen molar-refractivity contribution in [2.45, 2.75) is 29.4 Å². The molecule has 5 heteroatoms. The zero-order valence-electron chi connectivity index (χ0n) is 14.5. The van der Waals surface area contributed by atoms with Crippen molar-refractivity contribution in [2.24, 2.45) is 0 Å². The predicted molar refractivity (Wildman–Crippen MR) is 99.0 cm³/mol. The molecule has 0 saturated carbocycles. The fraction of sp³-hybridized carbons (Fsp3) is 0.400. The second-order valence-corrected chi connectivity index (χ2v) is 8.07. The summed E-state index contributed by atoms with van der Waals surface area (Å²) in [5.41, 5.74) is 1.15. The van der Waals surface area contributed by atoms with E-state index in [2.05, 4.69) is 4.90 Å². The summed E-state index contributed by atoms with van der Waals surface area (Å²) in [7, 11) is 1.62. The van der Waals surface area contributed by atoms with E-state index in [1.54, 1.807) is 7.11 Å². The van der Waals surface area contributed by atoms with Gasteiger partial charge < -0.3 is 14.2 Å². The van der Waals surface area contributed by atoms with Crippen LogP contribution in [0.15, 0.2) is 53.4 Å². The fourth-order valence-electron chi connectivity index (χ4n) is 3.25. The SMILES string of the molecule is COc1ccccc1[S+]([O-])C1CCN(CCc2ccc(F)cc2)CC1. The van der Waals surface area contributed by atoms with E-state index >= 15 is 0 Å². The molecule has 1 aliphatic heterocycles. The number of para-hydroxylation sites is 1. The highest BCUT2D eigenvalue weighted by atomic mass is 32.2. The summed E-state index contributed by atoms with van der Waals surface area (Å²) in [6.45, 7) is 2.86. The van der Waals surface area contributed by atoms with E-state index in [9.17, 15) is 8.94 Å². The Balaban J connectivity index is 1.50. The van der Waals surface area contributed by atoms with Crippen molar-refractivity contribution < 1.29 is 13.7 Å². The molecular weight excluding hydrogens is 337 g/mol. The number of ether oxygens (including phenoxy) is 1. The lowest BCUT2D eigenvalue weighted by atomic mass is 10.1. The first-order valence-electron chi connectivity index (χ1n) is 8.68. The third kappa shape index (κ3) is 4.75. The molecule has 3 rings (SSSR count). The van der Waals surface area contributed by atoms with Crippen LogP contribution in [0.4, 0.5) is 4.39 Å². The highest BCUT2D eigenvalue weighted by Crippen LogP contribution is 2.30. The molecule has 1 atom stereocenters. The molecule has 25 heavy (non-hydrogen) atoms. The molecule has 0 aromatic heterocycles. The third-order valence-corrected chi connectivity index (χ3v) is 6.60. The first kappa shape index (κ1) is 18.2. The van der Waals surface area contributed by atoms with Crippen molar-refractivity contribution in [1.29, 1.82) is 0 Å². The van der Waals surface area contributed by atoms with Gasteiger partial charge in [-0.15, -0.1) is 0 Å². The van der Waals surface area contributed by atoms with Gasteiger partial charge in [0.1, 0.15) is 11.1 Å². The van der Waals surface area contributed by atoms with E-state index in [1.165, 1.54) is 12.1 Å². The Morgan fingerprint density at radius 3 is 2.48 bits per heavy atom. The van der Waals surface area contributed by atoms with Gasteiger partial charge in [0.05, 0.1) is 7.11 Å². The number of nitrogens with zero attached hydrogens (tertiary/aromatic N) is 1. The van der Waals surface area contributed by atoms with E-state index in [1.807, 2.05) is 36.4 Å². The number of rotatable bonds is 6. The standard InChI is InChI=1S/C20H24FNO2S/c1-24-19-4-2-3-5-20(19)25(23)18-11-14-22(15-12-18)13-10-16-6-8-17(21)9-7-16/h2-9,18H,10-15H2,1H3. The van der Waals surface area contributed by atoms with Gasteiger partial charge in [0, 0.05) is 32.5 Å². The highest BCUT2D eigenvalue weighted by molar-refractivity contribution is 7.92. The number of likely N-dealkylation sites (tertiary alicyclic amines) is 1. The zero-order chi connectivity index (χ0) is 17.6. The fourth-order valence-corrected chi connectivity index (χ4v) is 4.81. The minimum Gasteiger partial charge on any atom is -0.611 e. The van der Waals surface area contributed by atoms with Crippen molar-refractivity contribution in [3.8, 4) is 5.75 Å². The van der Waals surface area contributed by atoms with Crippen LogP contribution in [0.3, 0.4) is 0 Å². The molecule has 2 aromatic rings. The van der Waals surface area contributed by atoms with Crippen molar-refractivity contribution >= 4 is 11.2 Å². The molecule has 0 radical (unpaired) electrons. The highest BCUT2D eigenvalue weighted by Gasteiger charge is 2.31. The van der Waals surface area contributed by atoms with E-state index < -0.39 is 11.2 Å². The number of piperidine rings is 1. The normalized spacial score (nSPS) is 17.4. The van der Waals surface area contributed by atoms with Crippen LogP contribution in [0.5, 0.6) is 5.75 Å². The van der Waals surface area contributed by atoms with Crippen LogP contribution >= 0.6 is 0 Å². The van der Waals surface area contributed by atoms with E-state index in [4.69, 9.17) is 4.74 Å². The lowest BCUT2D eigenvalue weighted by Crippen LogP contribution is -2.40. The molecule has 0 bridgehead atoms. The maximum atomic E-state index is 12.9. The Morgan fingerprint density at radius 1 is 1.12 bits per heavy atom. The topological polar surface area (TPSA) is 35.5 Å². The van der Waals surface area contributed by atoms with Crippen LogP contribution in [-0.2, 0) is 17.6 Å². The Kier molecular flexibility index (Phi) is 6.34. The summed E-state index contributed by atoms with van der Waals surface area (Å²) in [5.74, 6) is 0.517. The monoisotopic (exact) mass is 361 g/mol. The molecule has 134 valence electrons. The van der Waals surface area contributed by atoms with Gasteiger partial charge >= 0.3 is 0 Å². The van der Waals surface area contributed by atoms with Crippen LogP contribution in [0.25, 0.3) is 0 Å². The van der Waals surface area contributed by atoms with Crippen molar-refractivity contribution in [3.63, 3.8) is 0 Å². The summed E-state index contributed by atoms with van der Waals surface area (Å²) in [5, 5.41) is 0.179. The Hall–Kier alpha value is -1.56. The molecule has 1 unspecified atom stereocenters. The summed E-state index contributed by atoms with van der Waals surface area (Å²) < 4.78 is 31.2. The van der Waals surface area contributed by atoms with Gasteiger partial charge in [0.2, 0.25) is 0 Å². The van der Waals surface area contributed by atoms with Crippen LogP contribution in [0, 0.1) is 5.82 Å². The molecule has 1 saturated heterocycles. The maximum absolute atomic E-state index is 12.9. The smallest absolute Gasteiger partial charge is 0.194 e. The largest absolute Gasteiger partial charge is 0.611 e. The van der Waals surface area contributed by atoms with Gasteiger partial charge in [0.15, 0.2) is 10.6 Å². The average molecular weight is 361 g/mol. The van der Waals surface area contributed by atoms with Crippen molar-refractivity contribution in [2.75, 3.05) is 26.7 Å². The van der Waals surface area contributed by atoms with Gasteiger partial charge in [-0.05, 0) is 47.4 Å². The lowest BCUT2D eigenvalue weighted by Gasteiger charge is -2.32. The van der Waals surface area contributed by atoms with Gasteiger partial charge in [-0.1, -0.05) is 24.3 Å². The van der Waals surface area contributed by atoms with Gasteiger partial charge in [0.25, 0.3) is 0 Å². The maximum Gasteiger partial charge on any atom is 0.194 e. The number of hydrogen-bond donors (Lipinski definition) is 0. The van der Waals surface area contributed by atoms with Gasteiger partial charge in [-0.3, -0.25) is 0 Å². The lowest BCUT2D eigenvalue weighted by molar-refractivity contribution is 0.232. The Labute approximate surface area is 152 Å². The minimum atomic E-state index is -1.03. The Bertz CT molecular complexity index is 672. The molecule has 0 N–H and O–H groups in total. The number of hydrogen-bond acceptors (Lipinski definition) is 3. The number of methoxy groups -OCH3 is 1. The number of benzene rings is 2. The minimum absolute atomic E-state index is 0.179. The van der Waals surface area contributed by atoms with Crippen LogP contribution in [-0.4, -0.2) is 41.4 Å². The third-order valence-electron chi connectivity index (χ3n) is 4.75. The first-order valence-corrected chi connectivity index (χ1v) is 9.89. The molecule has 1 aliphatic rings. The summed E-state index contributed by atoms with van der Waals surface area (Å²) in [6.07, 6.45) is 2.77. The molecule has 1 heterocycles. The van der Waals surface area contributed by atoms with E-state index in [0.29, 0.717) is 5.75 Å². The summed E-state index contributed by atoms with van der Waals surface area (Å²) >= 11 is -1.03. The molecule has 1 fully saturated rings. The van der Waals surface area contributed by atoms with Crippen LogP contribution in [0.2, 0.25) is 0 Å². The zero-order valence-corrected chi connectivity index (χ0v) is 15.3. The first-order chi connectivity index (χ1) is 12.2. The molecule has 3 nitrogen and oxygen atoms in total. The second-order valence-electron chi connectivity index (χ2n) is 6.37. The molecular formula is C20H24FNO2S. The Morgan fingerprint density at radius 2 is 1.80 bits per heavy atom. The average Bonchev–Trinajstić information content (AvgIpc) is 2.67. The second kappa shape index (κ2) is 8.70. The van der Waals surface area contributed by atoms with E-state index in [-0.39, 0.29) is 11.1 Å². The number of halogens is 1. The molecule has 2 aromatic carbocycles. The predicted octanol–water partition coefficient (Wildman–Crippen LogP) is 3.65. The molecule has 0 amide bonds. The van der Waals surface area contributed by atoms with Crippen molar-refractivity contribution in [3.05, 3.63) is 59.9 Å². The van der Waals surface area contributed by atoms with Gasteiger partial charge in [-0.2, -0.15) is 0 Å². The van der Waals surface area contributed by atoms with Crippen molar-refractivity contribution in [1.82, 2.24) is 4.90 Å². The van der Waals surface area contributed by atoms with Gasteiger partial charge in [-0.25, -0.2) is 4.39 Å².